The molecule has 12 heteroatoms. The Labute approximate surface area is 181 Å². The minimum atomic E-state index is -4.67. The smallest absolute Gasteiger partial charge is 0.433 e. The Bertz CT molecular complexity index is 1290. The summed E-state index contributed by atoms with van der Waals surface area (Å²) in [4.78, 5) is 23.5. The van der Waals surface area contributed by atoms with Crippen LogP contribution in [0.15, 0.2) is 30.3 Å². The normalized spacial score (nSPS) is 18.4. The van der Waals surface area contributed by atoms with Crippen LogP contribution in [0.2, 0.25) is 0 Å². The molecule has 3 aromatic rings. The number of halogens is 3. The van der Waals surface area contributed by atoms with Crippen LogP contribution in [0.4, 0.5) is 18.9 Å². The molecule has 1 aliphatic rings. The van der Waals surface area contributed by atoms with Crippen LogP contribution in [0, 0.1) is 0 Å². The molecule has 2 aromatic heterocycles. The zero-order valence-corrected chi connectivity index (χ0v) is 17.7. The van der Waals surface area contributed by atoms with Crippen molar-refractivity contribution < 1.29 is 31.1 Å². The molecule has 1 atom stereocenters. The van der Waals surface area contributed by atoms with E-state index in [0.29, 0.717) is 29.7 Å². The monoisotopic (exact) mass is 468 g/mol. The van der Waals surface area contributed by atoms with E-state index < -0.39 is 33.3 Å². The van der Waals surface area contributed by atoms with Crippen LogP contribution < -0.4 is 10.1 Å². The van der Waals surface area contributed by atoms with E-state index in [1.165, 1.54) is 19.2 Å². The largest absolute Gasteiger partial charge is 0.494 e. The number of carbonyl (C=O) groups is 1. The number of alkyl halides is 3. The van der Waals surface area contributed by atoms with Crippen molar-refractivity contribution in [2.75, 3.05) is 23.9 Å². The zero-order chi connectivity index (χ0) is 23.1. The van der Waals surface area contributed by atoms with E-state index >= 15 is 0 Å². The fourth-order valence-electron chi connectivity index (χ4n) is 3.66. The zero-order valence-electron chi connectivity index (χ0n) is 16.9. The second-order valence-corrected chi connectivity index (χ2v) is 9.73. The Balaban J connectivity index is 1.63. The van der Waals surface area contributed by atoms with Gasteiger partial charge in [-0.3, -0.25) is 4.79 Å². The van der Waals surface area contributed by atoms with E-state index in [1.807, 2.05) is 0 Å². The predicted molar refractivity (Wildman–Crippen MR) is 110 cm³/mol. The number of sulfone groups is 1. The lowest BCUT2D eigenvalue weighted by Gasteiger charge is -2.19. The van der Waals surface area contributed by atoms with Gasteiger partial charge in [-0.05, 0) is 31.0 Å². The van der Waals surface area contributed by atoms with E-state index in [4.69, 9.17) is 4.74 Å². The van der Waals surface area contributed by atoms with Crippen LogP contribution in [0.25, 0.3) is 11.0 Å². The number of nitrogens with one attached hydrogen (secondary N) is 2. The van der Waals surface area contributed by atoms with Gasteiger partial charge in [0.2, 0.25) is 0 Å². The molecule has 2 N–H and O–H groups in total. The second kappa shape index (κ2) is 8.08. The molecule has 1 aliphatic heterocycles. The van der Waals surface area contributed by atoms with Crippen LogP contribution in [-0.2, 0) is 16.0 Å². The lowest BCUT2D eigenvalue weighted by atomic mass is 10.1. The highest BCUT2D eigenvalue weighted by atomic mass is 32.2. The number of benzene rings is 1. The molecule has 3 heterocycles. The number of hydrogen-bond donors (Lipinski definition) is 2. The van der Waals surface area contributed by atoms with Crippen LogP contribution in [-0.4, -0.2) is 47.9 Å². The molecule has 0 spiro atoms. The molecule has 1 saturated heterocycles. The van der Waals surface area contributed by atoms with E-state index in [-0.39, 0.29) is 28.9 Å². The van der Waals surface area contributed by atoms with Gasteiger partial charge in [0, 0.05) is 12.0 Å². The Morgan fingerprint density at radius 1 is 1.25 bits per heavy atom. The first kappa shape index (κ1) is 22.1. The first-order valence-electron chi connectivity index (χ1n) is 9.69. The quantitative estimate of drug-likeness (QED) is 0.606. The van der Waals surface area contributed by atoms with Crippen molar-refractivity contribution in [1.82, 2.24) is 15.0 Å². The van der Waals surface area contributed by atoms with Gasteiger partial charge in [0.05, 0.1) is 35.3 Å². The van der Waals surface area contributed by atoms with Gasteiger partial charge < -0.3 is 15.0 Å². The number of methoxy groups -OCH3 is 1. The number of H-pyrrole nitrogens is 1. The van der Waals surface area contributed by atoms with Gasteiger partial charge in [0.25, 0.3) is 5.91 Å². The highest BCUT2D eigenvalue weighted by Gasteiger charge is 2.33. The Morgan fingerprint density at radius 3 is 2.72 bits per heavy atom. The number of amides is 1. The van der Waals surface area contributed by atoms with E-state index in [9.17, 15) is 26.4 Å². The first-order valence-corrected chi connectivity index (χ1v) is 11.5. The van der Waals surface area contributed by atoms with E-state index in [1.54, 1.807) is 6.07 Å². The summed E-state index contributed by atoms with van der Waals surface area (Å²) in [7, 11) is -1.75. The van der Waals surface area contributed by atoms with Crippen LogP contribution in [0.5, 0.6) is 5.75 Å². The molecular weight excluding hydrogens is 449 g/mol. The number of pyridine rings is 1. The molecule has 0 radical (unpaired) electrons. The summed E-state index contributed by atoms with van der Waals surface area (Å²) in [6.45, 7) is 0. The summed E-state index contributed by atoms with van der Waals surface area (Å²) >= 11 is 0. The van der Waals surface area contributed by atoms with E-state index in [2.05, 4.69) is 20.3 Å². The number of hydrogen-bond acceptors (Lipinski definition) is 6. The Kier molecular flexibility index (Phi) is 5.57. The summed E-state index contributed by atoms with van der Waals surface area (Å²) in [5.74, 6) is -0.168. The molecule has 170 valence electrons. The molecule has 8 nitrogen and oxygen atoms in total. The maximum atomic E-state index is 12.9. The summed E-state index contributed by atoms with van der Waals surface area (Å²) in [5.41, 5.74) is -0.338. The van der Waals surface area contributed by atoms with Crippen molar-refractivity contribution in [2.45, 2.75) is 24.9 Å². The molecule has 1 aromatic carbocycles. The number of carbonyl (C=O) groups excluding carboxylic acids is 1. The topological polar surface area (TPSA) is 114 Å². The molecule has 0 saturated carbocycles. The van der Waals surface area contributed by atoms with Crippen molar-refractivity contribution in [3.8, 4) is 5.75 Å². The number of anilines is 1. The van der Waals surface area contributed by atoms with Crippen LogP contribution in [0.1, 0.15) is 40.8 Å². The number of rotatable bonds is 4. The predicted octanol–water partition coefficient (Wildman–Crippen LogP) is 3.53. The number of aromatic nitrogens is 3. The van der Waals surface area contributed by atoms with Crippen LogP contribution >= 0.6 is 0 Å². The Hall–Kier alpha value is -3.15. The summed E-state index contributed by atoms with van der Waals surface area (Å²) < 4.78 is 67.9. The third kappa shape index (κ3) is 4.54. The van der Waals surface area contributed by atoms with Crippen molar-refractivity contribution in [3.05, 3.63) is 47.5 Å². The molecular formula is C20H19F3N4O4S. The van der Waals surface area contributed by atoms with Gasteiger partial charge in [0.1, 0.15) is 23.0 Å². The summed E-state index contributed by atoms with van der Waals surface area (Å²) in [5, 5.41) is 2.51. The van der Waals surface area contributed by atoms with Gasteiger partial charge in [0.15, 0.2) is 9.84 Å². The molecule has 0 bridgehead atoms. The number of nitrogens with zero attached hydrogens (tertiary/aromatic N) is 2. The highest BCUT2D eigenvalue weighted by Crippen LogP contribution is 2.33. The van der Waals surface area contributed by atoms with Crippen molar-refractivity contribution in [1.29, 1.82) is 0 Å². The van der Waals surface area contributed by atoms with Crippen molar-refractivity contribution >= 4 is 32.5 Å². The SMILES string of the molecule is COc1cc2nc(C3CCCS(=O)(=O)C3)[nH]c2cc1NC(=O)c1cccc(C(F)(F)F)n1. The Morgan fingerprint density at radius 2 is 2.03 bits per heavy atom. The molecule has 4 rings (SSSR count). The van der Waals surface area contributed by atoms with E-state index in [0.717, 1.165) is 12.1 Å². The fraction of sp³-hybridized carbons (Fsp3) is 0.350. The lowest BCUT2D eigenvalue weighted by molar-refractivity contribution is -0.141. The molecule has 1 unspecified atom stereocenters. The fourth-order valence-corrected chi connectivity index (χ4v) is 5.37. The molecule has 0 aliphatic carbocycles. The van der Waals surface area contributed by atoms with Gasteiger partial charge in [-0.15, -0.1) is 0 Å². The third-order valence-corrected chi connectivity index (χ3v) is 7.01. The molecule has 32 heavy (non-hydrogen) atoms. The number of imidazole rings is 1. The summed E-state index contributed by atoms with van der Waals surface area (Å²) in [6, 6.07) is 6.15. The maximum Gasteiger partial charge on any atom is 0.433 e. The average Bonchev–Trinajstić information content (AvgIpc) is 3.15. The maximum absolute atomic E-state index is 12.9. The highest BCUT2D eigenvalue weighted by molar-refractivity contribution is 7.91. The first-order chi connectivity index (χ1) is 15.1. The molecule has 1 fully saturated rings. The van der Waals surface area contributed by atoms with Crippen molar-refractivity contribution in [2.24, 2.45) is 0 Å². The second-order valence-electron chi connectivity index (χ2n) is 7.51. The average molecular weight is 468 g/mol. The third-order valence-electron chi connectivity index (χ3n) is 5.19. The van der Waals surface area contributed by atoms with Crippen molar-refractivity contribution in [3.63, 3.8) is 0 Å². The minimum absolute atomic E-state index is 0.00870. The minimum Gasteiger partial charge on any atom is -0.494 e. The lowest BCUT2D eigenvalue weighted by Crippen LogP contribution is -2.24. The number of fused-ring (bicyclic) bond motifs is 1. The van der Waals surface area contributed by atoms with Gasteiger partial charge in [-0.25, -0.2) is 18.4 Å². The summed E-state index contributed by atoms with van der Waals surface area (Å²) in [6.07, 6.45) is -3.44. The molecule has 1 amide bonds. The standard InChI is InChI=1S/C20H19F3N4O4S/c1-31-16-9-14-13(25-18(26-14)11-4-3-7-32(29,30)10-11)8-15(16)27-19(28)12-5-2-6-17(24-12)20(21,22)23/h2,5-6,8-9,11H,3-4,7,10H2,1H3,(H,25,26)(H,27,28). The number of ether oxygens (including phenoxy) is 1. The van der Waals surface area contributed by atoms with Gasteiger partial charge in [-0.1, -0.05) is 6.07 Å². The number of aromatic amines is 1. The van der Waals surface area contributed by atoms with Gasteiger partial charge in [-0.2, -0.15) is 13.2 Å². The van der Waals surface area contributed by atoms with Gasteiger partial charge >= 0.3 is 6.18 Å². The van der Waals surface area contributed by atoms with Crippen LogP contribution in [0.3, 0.4) is 0 Å².